The number of benzene rings is 1. The van der Waals surface area contributed by atoms with E-state index in [9.17, 15) is 4.79 Å². The minimum Gasteiger partial charge on any atom is -0.469 e. The first-order valence-electron chi connectivity index (χ1n) is 5.76. The Morgan fingerprint density at radius 2 is 2.16 bits per heavy atom. The van der Waals surface area contributed by atoms with E-state index in [0.29, 0.717) is 17.0 Å². The molecule has 0 fully saturated rings. The molecule has 0 aliphatic carbocycles. The van der Waals surface area contributed by atoms with Gasteiger partial charge in [0.1, 0.15) is 5.76 Å². The molecule has 0 spiro atoms. The summed E-state index contributed by atoms with van der Waals surface area (Å²) in [5.74, 6) is 0.777. The minimum atomic E-state index is -0.0573. The van der Waals surface area contributed by atoms with Gasteiger partial charge in [-0.2, -0.15) is 0 Å². The minimum absolute atomic E-state index is 0.0573. The van der Waals surface area contributed by atoms with E-state index >= 15 is 0 Å². The molecule has 0 saturated carbocycles. The summed E-state index contributed by atoms with van der Waals surface area (Å²) in [6, 6.07) is 7.30. The Hall–Kier alpha value is -1.20. The lowest BCUT2D eigenvalue weighted by Gasteiger charge is -2.18. The van der Waals surface area contributed by atoms with Crippen molar-refractivity contribution in [3.8, 4) is 0 Å². The van der Waals surface area contributed by atoms with Gasteiger partial charge < -0.3 is 9.32 Å². The van der Waals surface area contributed by atoms with Gasteiger partial charge in [-0.25, -0.2) is 0 Å². The van der Waals surface area contributed by atoms with Crippen LogP contribution in [0, 0.1) is 6.92 Å². The predicted octanol–water partition coefficient (Wildman–Crippen LogP) is 3.91. The third-order valence-electron chi connectivity index (χ3n) is 2.91. The average molecular weight is 340 g/mol. The lowest BCUT2D eigenvalue weighted by Crippen LogP contribution is -2.26. The van der Waals surface area contributed by atoms with E-state index in [2.05, 4.69) is 28.6 Å². The zero-order valence-corrected chi connectivity index (χ0v) is 13.2. The predicted molar refractivity (Wildman–Crippen MR) is 80.6 cm³/mol. The zero-order chi connectivity index (χ0) is 14.0. The highest BCUT2D eigenvalue weighted by atomic mass is 79.9. The zero-order valence-electron chi connectivity index (χ0n) is 10.7. The maximum absolute atomic E-state index is 12.3. The molecule has 2 aromatic rings. The number of aryl methyl sites for hydroxylation is 1. The number of hydrogen-bond acceptors (Lipinski definition) is 3. The van der Waals surface area contributed by atoms with Crippen LogP contribution in [0.15, 0.2) is 44.3 Å². The lowest BCUT2D eigenvalue weighted by atomic mass is 10.2. The van der Waals surface area contributed by atoms with Crippen molar-refractivity contribution >= 4 is 34.5 Å². The van der Waals surface area contributed by atoms with Gasteiger partial charge in [0.15, 0.2) is 0 Å². The number of hydrogen-bond donors (Lipinski definition) is 1. The Labute approximate surface area is 126 Å². The molecule has 0 aliphatic heterocycles. The molecule has 1 heterocycles. The van der Waals surface area contributed by atoms with E-state index in [4.69, 9.17) is 4.42 Å². The quantitative estimate of drug-likeness (QED) is 0.860. The third-order valence-corrected chi connectivity index (χ3v) is 3.77. The third kappa shape index (κ3) is 3.22. The Morgan fingerprint density at radius 3 is 2.74 bits per heavy atom. The maximum Gasteiger partial charge on any atom is 0.255 e. The first kappa shape index (κ1) is 14.2. The van der Waals surface area contributed by atoms with E-state index in [0.717, 1.165) is 15.8 Å². The molecule has 2 rings (SSSR count). The van der Waals surface area contributed by atoms with E-state index in [1.165, 1.54) is 0 Å². The molecule has 0 saturated heterocycles. The normalized spacial score (nSPS) is 10.5. The van der Waals surface area contributed by atoms with Gasteiger partial charge in [0.05, 0.1) is 11.8 Å². The summed E-state index contributed by atoms with van der Waals surface area (Å²) >= 11 is 7.69. The van der Waals surface area contributed by atoms with Crippen molar-refractivity contribution in [1.29, 1.82) is 0 Å². The summed E-state index contributed by atoms with van der Waals surface area (Å²) in [5.41, 5.74) is 1.60. The van der Waals surface area contributed by atoms with Crippen molar-refractivity contribution in [2.75, 3.05) is 7.05 Å². The van der Waals surface area contributed by atoms with Gasteiger partial charge in [-0.3, -0.25) is 4.79 Å². The highest BCUT2D eigenvalue weighted by Gasteiger charge is 2.16. The van der Waals surface area contributed by atoms with Gasteiger partial charge in [0.2, 0.25) is 0 Å². The fourth-order valence-corrected chi connectivity index (χ4v) is 2.64. The Kier molecular flexibility index (Phi) is 4.37. The summed E-state index contributed by atoms with van der Waals surface area (Å²) in [4.78, 5) is 14.7. The second kappa shape index (κ2) is 5.84. The topological polar surface area (TPSA) is 33.5 Å². The van der Waals surface area contributed by atoms with Crippen LogP contribution in [-0.4, -0.2) is 17.9 Å². The SMILES string of the molecule is Cc1occc1CN(C)C(=O)c1ccc(Br)cc1S. The van der Waals surface area contributed by atoms with Gasteiger partial charge in [0.25, 0.3) is 5.91 Å². The van der Waals surface area contributed by atoms with Crippen LogP contribution in [0.1, 0.15) is 21.7 Å². The largest absolute Gasteiger partial charge is 0.469 e. The lowest BCUT2D eigenvalue weighted by molar-refractivity contribution is 0.0781. The van der Waals surface area contributed by atoms with Crippen molar-refractivity contribution in [1.82, 2.24) is 4.90 Å². The fourth-order valence-electron chi connectivity index (χ4n) is 1.79. The number of nitrogens with zero attached hydrogens (tertiary/aromatic N) is 1. The molecule has 1 aromatic carbocycles. The first-order chi connectivity index (χ1) is 8.99. The van der Waals surface area contributed by atoms with Gasteiger partial charge in [-0.15, -0.1) is 12.6 Å². The number of thiol groups is 1. The van der Waals surface area contributed by atoms with Crippen molar-refractivity contribution in [3.63, 3.8) is 0 Å². The van der Waals surface area contributed by atoms with Crippen LogP contribution < -0.4 is 0 Å². The monoisotopic (exact) mass is 339 g/mol. The van der Waals surface area contributed by atoms with Crippen molar-refractivity contribution in [2.45, 2.75) is 18.4 Å². The smallest absolute Gasteiger partial charge is 0.255 e. The van der Waals surface area contributed by atoms with Gasteiger partial charge >= 0.3 is 0 Å². The maximum atomic E-state index is 12.3. The fraction of sp³-hybridized carbons (Fsp3) is 0.214. The summed E-state index contributed by atoms with van der Waals surface area (Å²) in [6.45, 7) is 2.40. The highest BCUT2D eigenvalue weighted by molar-refractivity contribution is 9.10. The summed E-state index contributed by atoms with van der Waals surface area (Å²) in [5, 5.41) is 0. The summed E-state index contributed by atoms with van der Waals surface area (Å²) in [7, 11) is 1.77. The Morgan fingerprint density at radius 1 is 1.42 bits per heavy atom. The molecule has 0 unspecified atom stereocenters. The molecule has 1 aromatic heterocycles. The molecule has 1 amide bonds. The molecule has 3 nitrogen and oxygen atoms in total. The van der Waals surface area contributed by atoms with Crippen molar-refractivity contribution in [2.24, 2.45) is 0 Å². The summed E-state index contributed by atoms with van der Waals surface area (Å²) < 4.78 is 6.14. The Balaban J connectivity index is 2.17. The number of carbonyl (C=O) groups is 1. The molecule has 0 atom stereocenters. The van der Waals surface area contributed by atoms with Gasteiger partial charge in [-0.05, 0) is 31.2 Å². The van der Waals surface area contributed by atoms with E-state index in [1.54, 1.807) is 24.3 Å². The van der Waals surface area contributed by atoms with E-state index in [-0.39, 0.29) is 5.91 Å². The van der Waals surface area contributed by atoms with E-state index in [1.807, 2.05) is 25.1 Å². The average Bonchev–Trinajstić information content (AvgIpc) is 2.74. The molecular weight excluding hydrogens is 326 g/mol. The van der Waals surface area contributed by atoms with Gasteiger partial charge in [-0.1, -0.05) is 15.9 Å². The van der Waals surface area contributed by atoms with Crippen molar-refractivity contribution in [3.05, 3.63) is 51.9 Å². The Bertz CT molecular complexity index is 609. The standard InChI is InChI=1S/C14H14BrNO2S/c1-9-10(5-6-18-9)8-16(2)14(17)12-4-3-11(15)7-13(12)19/h3-7,19H,8H2,1-2H3. The molecule has 0 aliphatic rings. The molecule has 0 N–H and O–H groups in total. The number of rotatable bonds is 3. The van der Waals surface area contributed by atoms with Crippen LogP contribution in [0.25, 0.3) is 0 Å². The second-order valence-electron chi connectivity index (χ2n) is 4.32. The molecule has 0 bridgehead atoms. The number of amides is 1. The molecule has 5 heteroatoms. The van der Waals surface area contributed by atoms with Crippen molar-refractivity contribution < 1.29 is 9.21 Å². The highest BCUT2D eigenvalue weighted by Crippen LogP contribution is 2.22. The van der Waals surface area contributed by atoms with Crippen LogP contribution in [-0.2, 0) is 6.54 Å². The molecule has 100 valence electrons. The molecule has 19 heavy (non-hydrogen) atoms. The van der Waals surface area contributed by atoms with Gasteiger partial charge in [0, 0.05) is 28.5 Å². The van der Waals surface area contributed by atoms with Crippen LogP contribution in [0.3, 0.4) is 0 Å². The summed E-state index contributed by atoms with van der Waals surface area (Å²) in [6.07, 6.45) is 1.63. The van der Waals surface area contributed by atoms with E-state index < -0.39 is 0 Å². The number of carbonyl (C=O) groups excluding carboxylic acids is 1. The van der Waals surface area contributed by atoms with Crippen LogP contribution in [0.5, 0.6) is 0 Å². The number of furan rings is 1. The van der Waals surface area contributed by atoms with Crippen LogP contribution in [0.4, 0.5) is 0 Å². The van der Waals surface area contributed by atoms with Crippen LogP contribution >= 0.6 is 28.6 Å². The van der Waals surface area contributed by atoms with Crippen LogP contribution in [0.2, 0.25) is 0 Å². The molecule has 0 radical (unpaired) electrons. The second-order valence-corrected chi connectivity index (χ2v) is 5.72. The molecular formula is C14H14BrNO2S. The first-order valence-corrected chi connectivity index (χ1v) is 7.00. The number of halogens is 1.